The quantitative estimate of drug-likeness (QED) is 0.652. The van der Waals surface area contributed by atoms with Gasteiger partial charge in [-0.15, -0.1) is 11.3 Å². The van der Waals surface area contributed by atoms with Crippen LogP contribution in [-0.4, -0.2) is 27.9 Å². The lowest BCUT2D eigenvalue weighted by atomic mass is 10.0. The number of hydrogen-bond acceptors (Lipinski definition) is 5. The molecule has 1 aliphatic carbocycles. The Balaban J connectivity index is 1.56. The van der Waals surface area contributed by atoms with E-state index < -0.39 is 0 Å². The summed E-state index contributed by atoms with van der Waals surface area (Å²) in [7, 11) is 1.68. The fraction of sp³-hybridized carbons (Fsp3) is 0.429. The van der Waals surface area contributed by atoms with Gasteiger partial charge in [0.1, 0.15) is 5.75 Å². The van der Waals surface area contributed by atoms with Crippen LogP contribution in [0, 0.1) is 0 Å². The highest BCUT2D eigenvalue weighted by atomic mass is 32.1. The van der Waals surface area contributed by atoms with Crippen LogP contribution in [0.4, 0.5) is 0 Å². The Bertz CT molecular complexity index is 991. The van der Waals surface area contributed by atoms with E-state index in [1.165, 1.54) is 29.0 Å². The number of methoxy groups -OCH3 is 1. The van der Waals surface area contributed by atoms with Gasteiger partial charge in [0, 0.05) is 29.7 Å². The van der Waals surface area contributed by atoms with Gasteiger partial charge >= 0.3 is 0 Å². The van der Waals surface area contributed by atoms with Crippen LogP contribution in [0.25, 0.3) is 4.96 Å². The van der Waals surface area contributed by atoms with Gasteiger partial charge in [-0.1, -0.05) is 19.1 Å². The third-order valence-corrected chi connectivity index (χ3v) is 6.36. The lowest BCUT2D eigenvalue weighted by Gasteiger charge is -2.20. The van der Waals surface area contributed by atoms with Crippen molar-refractivity contribution >= 4 is 16.3 Å². The highest BCUT2D eigenvalue weighted by molar-refractivity contribution is 7.17. The molecule has 5 nitrogen and oxygen atoms in total. The number of aromatic nitrogens is 2. The number of hydrogen-bond donors (Lipinski definition) is 0. The number of aryl methyl sites for hydroxylation is 2. The van der Waals surface area contributed by atoms with Crippen molar-refractivity contribution < 1.29 is 4.74 Å². The van der Waals surface area contributed by atoms with Crippen molar-refractivity contribution in [1.82, 2.24) is 14.3 Å². The van der Waals surface area contributed by atoms with E-state index in [0.29, 0.717) is 6.54 Å². The molecule has 0 saturated carbocycles. The van der Waals surface area contributed by atoms with E-state index in [9.17, 15) is 4.79 Å². The number of benzene rings is 1. The van der Waals surface area contributed by atoms with Gasteiger partial charge in [-0.3, -0.25) is 14.1 Å². The van der Waals surface area contributed by atoms with E-state index in [-0.39, 0.29) is 5.56 Å². The highest BCUT2D eigenvalue weighted by Crippen LogP contribution is 2.28. The van der Waals surface area contributed by atoms with Crippen LogP contribution in [0.5, 0.6) is 5.75 Å². The largest absolute Gasteiger partial charge is 0.497 e. The van der Waals surface area contributed by atoms with Crippen molar-refractivity contribution in [2.75, 3.05) is 13.7 Å². The maximum atomic E-state index is 12.7. The summed E-state index contributed by atoms with van der Waals surface area (Å²) in [4.78, 5) is 22.0. The van der Waals surface area contributed by atoms with E-state index >= 15 is 0 Å². The first-order valence-electron chi connectivity index (χ1n) is 9.56. The predicted octanol–water partition coefficient (Wildman–Crippen LogP) is 3.67. The average molecular weight is 384 g/mol. The maximum absolute atomic E-state index is 12.7. The normalized spacial score (nSPS) is 13.9. The molecule has 0 atom stereocenters. The van der Waals surface area contributed by atoms with E-state index in [1.54, 1.807) is 24.5 Å². The fourth-order valence-electron chi connectivity index (χ4n) is 3.72. The monoisotopic (exact) mass is 383 g/mol. The minimum absolute atomic E-state index is 0.0647. The lowest BCUT2D eigenvalue weighted by Crippen LogP contribution is -2.25. The van der Waals surface area contributed by atoms with E-state index in [0.717, 1.165) is 42.3 Å². The molecule has 0 unspecified atom stereocenters. The van der Waals surface area contributed by atoms with Crippen LogP contribution in [0.3, 0.4) is 0 Å². The van der Waals surface area contributed by atoms with Gasteiger partial charge in [0.15, 0.2) is 4.96 Å². The number of thiazole rings is 1. The molecule has 1 aliphatic rings. The van der Waals surface area contributed by atoms with Crippen LogP contribution < -0.4 is 10.3 Å². The van der Waals surface area contributed by atoms with Crippen LogP contribution in [0.15, 0.2) is 35.1 Å². The molecule has 0 fully saturated rings. The first-order chi connectivity index (χ1) is 13.2. The van der Waals surface area contributed by atoms with Crippen LogP contribution >= 0.6 is 11.3 Å². The summed E-state index contributed by atoms with van der Waals surface area (Å²) in [5, 5.41) is 0. The Morgan fingerprint density at radius 2 is 1.96 bits per heavy atom. The molecule has 0 bridgehead atoms. The molecular formula is C21H25N3O2S. The molecule has 142 valence electrons. The molecule has 0 N–H and O–H groups in total. The molecule has 3 aromatic rings. The van der Waals surface area contributed by atoms with E-state index in [1.807, 2.05) is 16.5 Å². The molecule has 0 amide bonds. The fourth-order valence-corrected chi connectivity index (χ4v) is 4.95. The Morgan fingerprint density at radius 1 is 1.19 bits per heavy atom. The molecule has 0 aliphatic heterocycles. The summed E-state index contributed by atoms with van der Waals surface area (Å²) in [6, 6.07) is 9.85. The van der Waals surface area contributed by atoms with Gasteiger partial charge in [-0.25, -0.2) is 4.98 Å². The molecule has 2 heterocycles. The Hall–Kier alpha value is -2.18. The number of ether oxygens (including phenoxy) is 1. The molecule has 0 saturated heterocycles. The summed E-state index contributed by atoms with van der Waals surface area (Å²) in [6.07, 6.45) is 4.46. The molecule has 27 heavy (non-hydrogen) atoms. The van der Waals surface area contributed by atoms with E-state index in [4.69, 9.17) is 9.72 Å². The number of rotatable bonds is 6. The summed E-state index contributed by atoms with van der Waals surface area (Å²) in [5.41, 5.74) is 3.33. The van der Waals surface area contributed by atoms with Crippen molar-refractivity contribution in [3.8, 4) is 5.75 Å². The summed E-state index contributed by atoms with van der Waals surface area (Å²) in [5.74, 6) is 0.864. The Morgan fingerprint density at radius 3 is 2.70 bits per heavy atom. The summed E-state index contributed by atoms with van der Waals surface area (Å²) < 4.78 is 7.06. The molecule has 0 radical (unpaired) electrons. The second-order valence-corrected chi connectivity index (χ2v) is 8.10. The SMILES string of the molecule is CCN(Cc1ccc(OC)cc1)Cc1cc(=O)n2c3c(sc2n1)CCCC3. The standard InChI is InChI=1S/C21H25N3O2S/c1-3-23(13-15-8-10-17(26-2)11-9-15)14-16-12-20(25)24-18-6-4-5-7-19(18)27-21(24)22-16/h8-12H,3-7,13-14H2,1-2H3. The predicted molar refractivity (Wildman–Crippen MR) is 109 cm³/mol. The third kappa shape index (κ3) is 3.77. The van der Waals surface area contributed by atoms with Gasteiger partial charge in [0.25, 0.3) is 5.56 Å². The number of fused-ring (bicyclic) bond motifs is 3. The van der Waals surface area contributed by atoms with Gasteiger partial charge in [-0.2, -0.15) is 0 Å². The minimum Gasteiger partial charge on any atom is -0.497 e. The van der Waals surface area contributed by atoms with Crippen LogP contribution in [0.1, 0.15) is 41.6 Å². The molecular weight excluding hydrogens is 358 g/mol. The van der Waals surface area contributed by atoms with Crippen molar-refractivity contribution in [2.45, 2.75) is 45.7 Å². The van der Waals surface area contributed by atoms with Gasteiger partial charge in [0.05, 0.1) is 12.8 Å². The zero-order valence-corrected chi connectivity index (χ0v) is 16.7. The minimum atomic E-state index is 0.0647. The first kappa shape index (κ1) is 18.2. The highest BCUT2D eigenvalue weighted by Gasteiger charge is 2.19. The summed E-state index contributed by atoms with van der Waals surface area (Å²) >= 11 is 1.69. The second-order valence-electron chi connectivity index (χ2n) is 7.03. The summed E-state index contributed by atoms with van der Waals surface area (Å²) in [6.45, 7) is 4.53. The molecule has 0 spiro atoms. The molecule has 1 aromatic carbocycles. The second kappa shape index (κ2) is 7.82. The topological polar surface area (TPSA) is 46.8 Å². The van der Waals surface area contributed by atoms with E-state index in [2.05, 4.69) is 24.0 Å². The molecule has 2 aromatic heterocycles. The average Bonchev–Trinajstić information content (AvgIpc) is 3.06. The Labute approximate surface area is 163 Å². The van der Waals surface area contributed by atoms with Gasteiger partial charge in [-0.05, 0) is 49.9 Å². The van der Waals surface area contributed by atoms with Crippen molar-refractivity contribution in [3.63, 3.8) is 0 Å². The zero-order chi connectivity index (χ0) is 18.8. The molecule has 4 rings (SSSR count). The molecule has 6 heteroatoms. The zero-order valence-electron chi connectivity index (χ0n) is 15.9. The first-order valence-corrected chi connectivity index (χ1v) is 10.4. The van der Waals surface area contributed by atoms with Crippen molar-refractivity contribution in [2.24, 2.45) is 0 Å². The van der Waals surface area contributed by atoms with Gasteiger partial charge in [0.2, 0.25) is 0 Å². The van der Waals surface area contributed by atoms with Crippen molar-refractivity contribution in [3.05, 3.63) is 62.5 Å². The Kier molecular flexibility index (Phi) is 5.27. The van der Waals surface area contributed by atoms with Crippen LogP contribution in [0.2, 0.25) is 0 Å². The number of nitrogens with zero attached hydrogens (tertiary/aromatic N) is 3. The third-order valence-electron chi connectivity index (χ3n) is 5.21. The smallest absolute Gasteiger partial charge is 0.259 e. The van der Waals surface area contributed by atoms with Crippen LogP contribution in [-0.2, 0) is 25.9 Å². The van der Waals surface area contributed by atoms with Crippen molar-refractivity contribution in [1.29, 1.82) is 0 Å². The maximum Gasteiger partial charge on any atom is 0.259 e. The lowest BCUT2D eigenvalue weighted by molar-refractivity contribution is 0.268. The van der Waals surface area contributed by atoms with Gasteiger partial charge < -0.3 is 4.74 Å².